The summed E-state index contributed by atoms with van der Waals surface area (Å²) in [6.45, 7) is 1.92. The molecule has 4 heteroatoms. The van der Waals surface area contributed by atoms with Crippen LogP contribution in [-0.4, -0.2) is 6.29 Å². The summed E-state index contributed by atoms with van der Waals surface area (Å²) in [5.74, 6) is 0. The third-order valence-electron chi connectivity index (χ3n) is 2.50. The van der Waals surface area contributed by atoms with Crippen molar-refractivity contribution < 1.29 is 4.79 Å². The van der Waals surface area contributed by atoms with Crippen molar-refractivity contribution in [2.75, 3.05) is 0 Å². The van der Waals surface area contributed by atoms with Gasteiger partial charge >= 0.3 is 0 Å². The predicted octanol–water partition coefficient (Wildman–Crippen LogP) is 5.27. The monoisotopic (exact) mass is 296 g/mol. The Morgan fingerprint density at radius 1 is 1.00 bits per heavy atom. The standard InChI is InChI=1S/C14H10Cl2OS/c1-9-6-11(3-2-10(9)8-17)18-12-4-5-13(15)14(16)7-12/h2-8H,1H3. The SMILES string of the molecule is Cc1cc(Sc2ccc(Cl)c(Cl)c2)ccc1C=O. The van der Waals surface area contributed by atoms with Crippen molar-refractivity contribution in [2.45, 2.75) is 16.7 Å². The highest BCUT2D eigenvalue weighted by Gasteiger charge is 2.03. The topological polar surface area (TPSA) is 17.1 Å². The summed E-state index contributed by atoms with van der Waals surface area (Å²) in [4.78, 5) is 12.8. The van der Waals surface area contributed by atoms with Crippen molar-refractivity contribution in [1.82, 2.24) is 0 Å². The van der Waals surface area contributed by atoms with Crippen LogP contribution in [0.5, 0.6) is 0 Å². The second kappa shape index (κ2) is 5.79. The van der Waals surface area contributed by atoms with Crippen LogP contribution < -0.4 is 0 Å². The summed E-state index contributed by atoms with van der Waals surface area (Å²) >= 11 is 13.4. The van der Waals surface area contributed by atoms with Gasteiger partial charge in [-0.15, -0.1) is 0 Å². The van der Waals surface area contributed by atoms with E-state index in [4.69, 9.17) is 23.2 Å². The van der Waals surface area contributed by atoms with E-state index < -0.39 is 0 Å². The molecule has 0 aliphatic carbocycles. The molecule has 0 spiro atoms. The lowest BCUT2D eigenvalue weighted by Gasteiger charge is -2.05. The van der Waals surface area contributed by atoms with E-state index in [1.54, 1.807) is 17.8 Å². The van der Waals surface area contributed by atoms with E-state index in [0.29, 0.717) is 15.6 Å². The summed E-state index contributed by atoms with van der Waals surface area (Å²) in [5.41, 5.74) is 1.68. The maximum Gasteiger partial charge on any atom is 0.150 e. The summed E-state index contributed by atoms with van der Waals surface area (Å²) in [6.07, 6.45) is 0.864. The summed E-state index contributed by atoms with van der Waals surface area (Å²) in [5, 5.41) is 1.09. The highest BCUT2D eigenvalue weighted by Crippen LogP contribution is 2.33. The zero-order valence-electron chi connectivity index (χ0n) is 9.61. The first-order chi connectivity index (χ1) is 8.60. The Hall–Kier alpha value is -0.960. The molecule has 0 unspecified atom stereocenters. The van der Waals surface area contributed by atoms with Gasteiger partial charge in [-0.25, -0.2) is 0 Å². The lowest BCUT2D eigenvalue weighted by Crippen LogP contribution is -1.86. The van der Waals surface area contributed by atoms with Gasteiger partial charge in [0.05, 0.1) is 10.0 Å². The molecule has 1 nitrogen and oxygen atoms in total. The fourth-order valence-corrected chi connectivity index (χ4v) is 2.84. The number of carbonyl (C=O) groups is 1. The molecule has 2 aromatic rings. The Morgan fingerprint density at radius 3 is 2.28 bits per heavy atom. The highest BCUT2D eigenvalue weighted by molar-refractivity contribution is 7.99. The van der Waals surface area contributed by atoms with E-state index in [1.165, 1.54) is 0 Å². The number of hydrogen-bond acceptors (Lipinski definition) is 2. The largest absolute Gasteiger partial charge is 0.298 e. The third-order valence-corrected chi connectivity index (χ3v) is 4.21. The van der Waals surface area contributed by atoms with Crippen molar-refractivity contribution in [2.24, 2.45) is 0 Å². The zero-order valence-corrected chi connectivity index (χ0v) is 11.9. The third kappa shape index (κ3) is 3.08. The number of halogens is 2. The average Bonchev–Trinajstić information content (AvgIpc) is 2.34. The van der Waals surface area contributed by atoms with Crippen molar-refractivity contribution in [3.63, 3.8) is 0 Å². The van der Waals surface area contributed by atoms with Crippen LogP contribution in [-0.2, 0) is 0 Å². The van der Waals surface area contributed by atoms with E-state index in [-0.39, 0.29) is 0 Å². The first-order valence-electron chi connectivity index (χ1n) is 5.29. The van der Waals surface area contributed by atoms with Crippen LogP contribution in [0.3, 0.4) is 0 Å². The smallest absolute Gasteiger partial charge is 0.150 e. The van der Waals surface area contributed by atoms with Crippen LogP contribution in [0.25, 0.3) is 0 Å². The first-order valence-corrected chi connectivity index (χ1v) is 6.86. The molecular formula is C14H10Cl2OS. The van der Waals surface area contributed by atoms with Crippen molar-refractivity contribution in [3.05, 3.63) is 57.6 Å². The minimum absolute atomic E-state index is 0.544. The Bertz CT molecular complexity index is 596. The van der Waals surface area contributed by atoms with Crippen molar-refractivity contribution in [1.29, 1.82) is 0 Å². The van der Waals surface area contributed by atoms with Crippen LogP contribution in [0.2, 0.25) is 10.0 Å². The van der Waals surface area contributed by atoms with E-state index in [2.05, 4.69) is 0 Å². The van der Waals surface area contributed by atoms with Gasteiger partial charge in [-0.2, -0.15) is 0 Å². The molecule has 0 aromatic heterocycles. The number of rotatable bonds is 3. The fraction of sp³-hybridized carbons (Fsp3) is 0.0714. The van der Waals surface area contributed by atoms with Gasteiger partial charge < -0.3 is 0 Å². The molecule has 0 aliphatic heterocycles. The van der Waals surface area contributed by atoms with Gasteiger partial charge in [0.2, 0.25) is 0 Å². The second-order valence-corrected chi connectivity index (χ2v) is 5.78. The molecule has 0 saturated heterocycles. The molecule has 0 bridgehead atoms. The molecule has 0 radical (unpaired) electrons. The molecule has 0 N–H and O–H groups in total. The molecule has 0 atom stereocenters. The molecule has 0 aliphatic rings. The normalized spacial score (nSPS) is 10.4. The van der Waals surface area contributed by atoms with Gasteiger partial charge in [-0.1, -0.05) is 41.0 Å². The molecule has 0 saturated carbocycles. The van der Waals surface area contributed by atoms with Gasteiger partial charge in [-0.05, 0) is 42.8 Å². The summed E-state index contributed by atoms with van der Waals surface area (Å²) < 4.78 is 0. The molecule has 0 fully saturated rings. The van der Waals surface area contributed by atoms with Crippen LogP contribution >= 0.6 is 35.0 Å². The van der Waals surface area contributed by atoms with Crippen LogP contribution in [0.15, 0.2) is 46.2 Å². The molecule has 2 aromatic carbocycles. The Balaban J connectivity index is 2.25. The lowest BCUT2D eigenvalue weighted by atomic mass is 10.1. The van der Waals surface area contributed by atoms with Gasteiger partial charge in [0.25, 0.3) is 0 Å². The zero-order chi connectivity index (χ0) is 13.1. The Kier molecular flexibility index (Phi) is 4.33. The Labute approximate surface area is 120 Å². The fourth-order valence-electron chi connectivity index (χ4n) is 1.52. The minimum Gasteiger partial charge on any atom is -0.298 e. The number of aryl methyl sites for hydroxylation is 1. The van der Waals surface area contributed by atoms with Gasteiger partial charge in [0.15, 0.2) is 0 Å². The average molecular weight is 297 g/mol. The molecule has 18 heavy (non-hydrogen) atoms. The molecule has 2 rings (SSSR count). The molecule has 0 amide bonds. The number of aldehydes is 1. The Morgan fingerprint density at radius 2 is 1.67 bits per heavy atom. The first kappa shape index (κ1) is 13.5. The molecule has 92 valence electrons. The highest BCUT2D eigenvalue weighted by atomic mass is 35.5. The number of carbonyl (C=O) groups excluding carboxylic acids is 1. The van der Waals surface area contributed by atoms with Crippen LogP contribution in [0.4, 0.5) is 0 Å². The summed E-state index contributed by atoms with van der Waals surface area (Å²) in [7, 11) is 0. The van der Waals surface area contributed by atoms with Crippen LogP contribution in [0, 0.1) is 6.92 Å². The van der Waals surface area contributed by atoms with Gasteiger partial charge in [0.1, 0.15) is 6.29 Å². The maximum absolute atomic E-state index is 10.7. The van der Waals surface area contributed by atoms with E-state index in [1.807, 2.05) is 37.3 Å². The van der Waals surface area contributed by atoms with E-state index in [9.17, 15) is 4.79 Å². The maximum atomic E-state index is 10.7. The second-order valence-electron chi connectivity index (χ2n) is 3.81. The predicted molar refractivity (Wildman–Crippen MR) is 77.2 cm³/mol. The van der Waals surface area contributed by atoms with E-state index in [0.717, 1.165) is 21.6 Å². The number of hydrogen-bond donors (Lipinski definition) is 0. The molecule has 0 heterocycles. The van der Waals surface area contributed by atoms with Crippen molar-refractivity contribution >= 4 is 41.2 Å². The van der Waals surface area contributed by atoms with Crippen molar-refractivity contribution in [3.8, 4) is 0 Å². The minimum atomic E-state index is 0.544. The number of benzene rings is 2. The van der Waals surface area contributed by atoms with Gasteiger partial charge in [-0.3, -0.25) is 4.79 Å². The van der Waals surface area contributed by atoms with Crippen LogP contribution in [0.1, 0.15) is 15.9 Å². The van der Waals surface area contributed by atoms with E-state index >= 15 is 0 Å². The van der Waals surface area contributed by atoms with Gasteiger partial charge in [0, 0.05) is 15.4 Å². The molecular weight excluding hydrogens is 287 g/mol. The quantitative estimate of drug-likeness (QED) is 0.718. The lowest BCUT2D eigenvalue weighted by molar-refractivity contribution is 0.112. The summed E-state index contributed by atoms with van der Waals surface area (Å²) in [6, 6.07) is 11.3.